The van der Waals surface area contributed by atoms with E-state index in [4.69, 9.17) is 4.98 Å². The van der Waals surface area contributed by atoms with Gasteiger partial charge < -0.3 is 9.47 Å². The van der Waals surface area contributed by atoms with Crippen molar-refractivity contribution in [3.63, 3.8) is 0 Å². The molecule has 1 unspecified atom stereocenters. The Balaban J connectivity index is 0.785. The number of imidazole rings is 1. The molecular weight excluding hydrogens is 751 g/mol. The Hall–Kier alpha value is -8.01. The van der Waals surface area contributed by atoms with E-state index in [2.05, 4.69) is 252 Å². The zero-order valence-electron chi connectivity index (χ0n) is 34.2. The molecule has 0 fully saturated rings. The molecule has 0 aliphatic heterocycles. The summed E-state index contributed by atoms with van der Waals surface area (Å²) in [4.78, 5) is 7.43. The Morgan fingerprint density at radius 3 is 1.44 bits per heavy atom. The predicted octanol–water partition coefficient (Wildman–Crippen LogP) is 16.1. The minimum Gasteiger partial charge on any atom is -0.317 e. The van der Waals surface area contributed by atoms with Crippen molar-refractivity contribution in [2.75, 3.05) is 4.90 Å². The van der Waals surface area contributed by atoms with Crippen LogP contribution in [0.3, 0.4) is 0 Å². The first kappa shape index (κ1) is 37.0. The van der Waals surface area contributed by atoms with E-state index in [1.807, 2.05) is 0 Å². The second kappa shape index (κ2) is 16.2. The highest BCUT2D eigenvalue weighted by Gasteiger charge is 2.19. The molecule has 0 saturated carbocycles. The zero-order chi connectivity index (χ0) is 41.2. The van der Waals surface area contributed by atoms with Crippen LogP contribution in [0.15, 0.2) is 243 Å². The minimum atomic E-state index is 0.249. The Bertz CT molecular complexity index is 3210. The SMILES string of the molecule is C1=CCC(n2c(-c3ccc(-c4ccc(-c5ccc(-c6ccc(-c7ccc(N(c8ccccc8)c8cccc9ccccc89)cc7)cc6)cc5)cc4)cc3)nc3ccccc32)C=C1. The molecule has 1 aliphatic carbocycles. The number of anilines is 3. The third kappa shape index (κ3) is 7.10. The molecule has 0 amide bonds. The van der Waals surface area contributed by atoms with E-state index in [1.165, 1.54) is 60.8 Å². The maximum absolute atomic E-state index is 5.08. The van der Waals surface area contributed by atoms with Gasteiger partial charge in [0.05, 0.1) is 22.8 Å². The lowest BCUT2D eigenvalue weighted by atomic mass is 9.96. The predicted molar refractivity (Wildman–Crippen MR) is 261 cm³/mol. The Labute approximate surface area is 362 Å². The molecule has 1 aromatic heterocycles. The molecule has 0 N–H and O–H groups in total. The lowest BCUT2D eigenvalue weighted by molar-refractivity contribution is 0.631. The molecule has 0 bridgehead atoms. The van der Waals surface area contributed by atoms with Gasteiger partial charge in [-0.2, -0.15) is 0 Å². The number of fused-ring (bicyclic) bond motifs is 2. The van der Waals surface area contributed by atoms with Gasteiger partial charge in [-0.3, -0.25) is 0 Å². The number of aromatic nitrogens is 2. The van der Waals surface area contributed by atoms with Crippen LogP contribution in [0.25, 0.3) is 77.7 Å². The summed E-state index contributed by atoms with van der Waals surface area (Å²) in [6, 6.07) is 78.9. The molecular formula is C59H43N3. The van der Waals surface area contributed by atoms with Gasteiger partial charge in [0.2, 0.25) is 0 Å². The van der Waals surface area contributed by atoms with Gasteiger partial charge in [0, 0.05) is 22.3 Å². The molecule has 294 valence electrons. The smallest absolute Gasteiger partial charge is 0.141 e. The lowest BCUT2D eigenvalue weighted by Gasteiger charge is -2.27. The van der Waals surface area contributed by atoms with Crippen molar-refractivity contribution in [3.8, 4) is 55.9 Å². The lowest BCUT2D eigenvalue weighted by Crippen LogP contribution is -2.10. The van der Waals surface area contributed by atoms with Crippen molar-refractivity contribution < 1.29 is 0 Å². The van der Waals surface area contributed by atoms with Crippen LogP contribution in [0, 0.1) is 0 Å². The van der Waals surface area contributed by atoms with Crippen LogP contribution in [0.2, 0.25) is 0 Å². The molecule has 0 radical (unpaired) electrons. The van der Waals surface area contributed by atoms with E-state index in [0.717, 1.165) is 40.4 Å². The standard InChI is InChI=1S/C59H43N3/c1-3-14-52(15-4-1)61(57-21-11-13-50-12-7-8-18-55(50)57)54-40-38-49(39-41-54)47-32-30-45(31-33-47)43-24-22-42(23-25-43)44-26-28-46(29-27-44)48-34-36-51(37-35-48)59-60-56-19-9-10-20-58(56)62(59)53-16-5-2-6-17-53/h1-16,18-41,53H,17H2. The monoisotopic (exact) mass is 793 g/mol. The van der Waals surface area contributed by atoms with Gasteiger partial charge in [-0.05, 0) is 98.8 Å². The third-order valence-corrected chi connectivity index (χ3v) is 12.2. The number of nitrogens with zero attached hydrogens (tertiary/aromatic N) is 3. The van der Waals surface area contributed by atoms with E-state index < -0.39 is 0 Å². The largest absolute Gasteiger partial charge is 0.317 e. The summed E-state index contributed by atoms with van der Waals surface area (Å²) in [5.41, 5.74) is 16.3. The van der Waals surface area contributed by atoms with Crippen molar-refractivity contribution >= 4 is 38.9 Å². The first-order valence-corrected chi connectivity index (χ1v) is 21.4. The van der Waals surface area contributed by atoms with Crippen molar-refractivity contribution in [2.24, 2.45) is 0 Å². The van der Waals surface area contributed by atoms with Crippen LogP contribution >= 0.6 is 0 Å². The van der Waals surface area contributed by atoms with E-state index in [0.29, 0.717) is 0 Å². The normalized spacial score (nSPS) is 13.5. The average molecular weight is 794 g/mol. The minimum absolute atomic E-state index is 0.249. The van der Waals surface area contributed by atoms with Gasteiger partial charge >= 0.3 is 0 Å². The van der Waals surface area contributed by atoms with Crippen LogP contribution in [0.4, 0.5) is 17.1 Å². The van der Waals surface area contributed by atoms with Crippen LogP contribution in [0.5, 0.6) is 0 Å². The van der Waals surface area contributed by atoms with Crippen LogP contribution in [-0.2, 0) is 0 Å². The first-order valence-electron chi connectivity index (χ1n) is 21.4. The van der Waals surface area contributed by atoms with Gasteiger partial charge in [0.25, 0.3) is 0 Å². The summed E-state index contributed by atoms with van der Waals surface area (Å²) < 4.78 is 2.38. The highest BCUT2D eigenvalue weighted by atomic mass is 15.1. The highest BCUT2D eigenvalue weighted by Crippen LogP contribution is 2.40. The summed E-state index contributed by atoms with van der Waals surface area (Å²) in [7, 11) is 0. The van der Waals surface area contributed by atoms with Gasteiger partial charge in [-0.1, -0.05) is 200 Å². The van der Waals surface area contributed by atoms with E-state index in [-0.39, 0.29) is 6.04 Å². The molecule has 0 spiro atoms. The summed E-state index contributed by atoms with van der Waals surface area (Å²) >= 11 is 0. The third-order valence-electron chi connectivity index (χ3n) is 12.2. The van der Waals surface area contributed by atoms with E-state index in [9.17, 15) is 0 Å². The fraction of sp³-hybridized carbons (Fsp3) is 0.0339. The molecule has 9 aromatic carbocycles. The molecule has 1 aliphatic rings. The van der Waals surface area contributed by atoms with Crippen molar-refractivity contribution in [2.45, 2.75) is 12.5 Å². The van der Waals surface area contributed by atoms with Crippen LogP contribution in [-0.4, -0.2) is 9.55 Å². The molecule has 11 rings (SSSR count). The Morgan fingerprint density at radius 1 is 0.403 bits per heavy atom. The average Bonchev–Trinajstić information content (AvgIpc) is 3.75. The number of hydrogen-bond acceptors (Lipinski definition) is 2. The fourth-order valence-corrected chi connectivity index (χ4v) is 8.93. The summed E-state index contributed by atoms with van der Waals surface area (Å²) in [5, 5.41) is 2.45. The molecule has 1 atom stereocenters. The summed E-state index contributed by atoms with van der Waals surface area (Å²) in [6.45, 7) is 0. The topological polar surface area (TPSA) is 21.1 Å². The maximum atomic E-state index is 5.08. The van der Waals surface area contributed by atoms with Crippen LogP contribution in [0.1, 0.15) is 12.5 Å². The molecule has 62 heavy (non-hydrogen) atoms. The van der Waals surface area contributed by atoms with Crippen molar-refractivity contribution in [1.29, 1.82) is 0 Å². The number of allylic oxidation sites excluding steroid dienone is 4. The quantitative estimate of drug-likeness (QED) is 0.145. The summed E-state index contributed by atoms with van der Waals surface area (Å²) in [6.07, 6.45) is 9.73. The number of benzene rings is 9. The van der Waals surface area contributed by atoms with Gasteiger partial charge in [0.15, 0.2) is 0 Å². The van der Waals surface area contributed by atoms with Crippen molar-refractivity contribution in [3.05, 3.63) is 243 Å². The number of hydrogen-bond donors (Lipinski definition) is 0. The molecule has 0 saturated heterocycles. The van der Waals surface area contributed by atoms with Gasteiger partial charge in [0.1, 0.15) is 5.82 Å². The van der Waals surface area contributed by atoms with Crippen molar-refractivity contribution in [1.82, 2.24) is 9.55 Å². The van der Waals surface area contributed by atoms with Gasteiger partial charge in [-0.15, -0.1) is 0 Å². The first-order chi connectivity index (χ1) is 30.7. The number of para-hydroxylation sites is 3. The Kier molecular flexibility index (Phi) is 9.68. The fourth-order valence-electron chi connectivity index (χ4n) is 8.93. The van der Waals surface area contributed by atoms with E-state index in [1.54, 1.807) is 0 Å². The molecule has 3 heteroatoms. The van der Waals surface area contributed by atoms with E-state index >= 15 is 0 Å². The number of rotatable bonds is 9. The highest BCUT2D eigenvalue weighted by molar-refractivity contribution is 5.99. The van der Waals surface area contributed by atoms with Gasteiger partial charge in [-0.25, -0.2) is 4.98 Å². The second-order valence-corrected chi connectivity index (χ2v) is 15.9. The molecule has 1 heterocycles. The van der Waals surface area contributed by atoms with Crippen LogP contribution < -0.4 is 4.90 Å². The molecule has 10 aromatic rings. The molecule has 3 nitrogen and oxygen atoms in total. The second-order valence-electron chi connectivity index (χ2n) is 15.9. The summed E-state index contributed by atoms with van der Waals surface area (Å²) in [5.74, 6) is 1.01. The Morgan fingerprint density at radius 2 is 0.871 bits per heavy atom. The zero-order valence-corrected chi connectivity index (χ0v) is 34.2. The maximum Gasteiger partial charge on any atom is 0.141 e.